The smallest absolute Gasteiger partial charge is 0.114 e. The van der Waals surface area contributed by atoms with Gasteiger partial charge in [-0.1, -0.05) is 29.5 Å². The average Bonchev–Trinajstić information content (AvgIpc) is 3.27. The van der Waals surface area contributed by atoms with Gasteiger partial charge in [0.15, 0.2) is 0 Å². The number of aliphatic hydroxyl groups is 1. The summed E-state index contributed by atoms with van der Waals surface area (Å²) >= 11 is 0. The minimum absolute atomic E-state index is 0.201. The van der Waals surface area contributed by atoms with Crippen molar-refractivity contribution in [3.63, 3.8) is 0 Å². The zero-order valence-electron chi connectivity index (χ0n) is 14.4. The molecule has 1 fully saturated rings. The van der Waals surface area contributed by atoms with Crippen molar-refractivity contribution in [3.05, 3.63) is 66.1 Å². The molecule has 2 atom stereocenters. The maximum absolute atomic E-state index is 11.4. The molecule has 3 heterocycles. The molecule has 0 unspecified atom stereocenters. The summed E-state index contributed by atoms with van der Waals surface area (Å²) in [6.07, 6.45) is 6.80. The van der Waals surface area contributed by atoms with E-state index >= 15 is 0 Å². The molecule has 6 heteroatoms. The van der Waals surface area contributed by atoms with E-state index in [-0.39, 0.29) is 11.5 Å². The molecule has 1 aromatic carbocycles. The Balaban J connectivity index is 1.59. The molecule has 1 aliphatic carbocycles. The fraction of sp³-hybridized carbons (Fsp3) is 0.350. The molecule has 0 saturated carbocycles. The molecule has 0 amide bonds. The molecule has 5 rings (SSSR count). The molecule has 1 saturated heterocycles. The summed E-state index contributed by atoms with van der Waals surface area (Å²) < 4.78 is 1.82. The first-order valence-corrected chi connectivity index (χ1v) is 9.10. The van der Waals surface area contributed by atoms with Crippen LogP contribution in [0, 0.1) is 0 Å². The van der Waals surface area contributed by atoms with Crippen LogP contribution in [0.3, 0.4) is 0 Å². The molecule has 2 aliphatic rings. The predicted octanol–water partition coefficient (Wildman–Crippen LogP) is 1.93. The first-order valence-electron chi connectivity index (χ1n) is 9.10. The van der Waals surface area contributed by atoms with Crippen LogP contribution < -0.4 is 5.32 Å². The van der Waals surface area contributed by atoms with Gasteiger partial charge < -0.3 is 10.4 Å². The van der Waals surface area contributed by atoms with Crippen molar-refractivity contribution in [2.24, 2.45) is 0 Å². The van der Waals surface area contributed by atoms with Crippen LogP contribution in [0.25, 0.3) is 11.3 Å². The third-order valence-electron chi connectivity index (χ3n) is 5.93. The minimum atomic E-state index is -0.509. The van der Waals surface area contributed by atoms with E-state index in [9.17, 15) is 5.11 Å². The lowest BCUT2D eigenvalue weighted by atomic mass is 9.72. The first kappa shape index (κ1) is 15.7. The number of aliphatic hydroxyl groups excluding tert-OH is 1. The van der Waals surface area contributed by atoms with Crippen molar-refractivity contribution < 1.29 is 5.11 Å². The number of hydrogen-bond acceptors (Lipinski definition) is 5. The summed E-state index contributed by atoms with van der Waals surface area (Å²) in [5, 5.41) is 23.5. The van der Waals surface area contributed by atoms with E-state index in [4.69, 9.17) is 0 Å². The van der Waals surface area contributed by atoms with Crippen LogP contribution in [-0.4, -0.2) is 44.3 Å². The molecule has 2 aromatic heterocycles. The van der Waals surface area contributed by atoms with Gasteiger partial charge in [0.05, 0.1) is 12.3 Å². The Morgan fingerprint density at radius 1 is 1.12 bits per heavy atom. The highest BCUT2D eigenvalue weighted by molar-refractivity contribution is 5.56. The second kappa shape index (κ2) is 6.00. The topological polar surface area (TPSA) is 75.9 Å². The van der Waals surface area contributed by atoms with Crippen LogP contribution >= 0.6 is 0 Å². The standard InChI is InChI=1S/C20H21N5O/c26-19-18(25-13-17(23-24-25)14-4-3-9-22-12-14)15-5-1-2-6-16(15)20(19)7-10-21-11-8-20/h1-6,9,12-13,18-19,21,26H,7-8,10-11H2/t18-,19+/m0/s1. The molecule has 0 radical (unpaired) electrons. The third-order valence-corrected chi connectivity index (χ3v) is 5.93. The van der Waals surface area contributed by atoms with Crippen molar-refractivity contribution in [1.29, 1.82) is 0 Å². The Bertz CT molecular complexity index is 917. The molecule has 26 heavy (non-hydrogen) atoms. The largest absolute Gasteiger partial charge is 0.390 e. The fourth-order valence-electron chi connectivity index (χ4n) is 4.62. The van der Waals surface area contributed by atoms with E-state index < -0.39 is 6.10 Å². The van der Waals surface area contributed by atoms with Gasteiger partial charge in [0.25, 0.3) is 0 Å². The Morgan fingerprint density at radius 3 is 2.77 bits per heavy atom. The minimum Gasteiger partial charge on any atom is -0.390 e. The van der Waals surface area contributed by atoms with Crippen molar-refractivity contribution in [3.8, 4) is 11.3 Å². The Labute approximate surface area is 151 Å². The van der Waals surface area contributed by atoms with Crippen LogP contribution in [0.5, 0.6) is 0 Å². The van der Waals surface area contributed by atoms with Crippen molar-refractivity contribution in [1.82, 2.24) is 25.3 Å². The van der Waals surface area contributed by atoms with Crippen LogP contribution in [-0.2, 0) is 5.41 Å². The summed E-state index contributed by atoms with van der Waals surface area (Å²) in [5.74, 6) is 0. The van der Waals surface area contributed by atoms with Gasteiger partial charge in [-0.2, -0.15) is 0 Å². The zero-order valence-corrected chi connectivity index (χ0v) is 14.4. The summed E-state index contributed by atoms with van der Waals surface area (Å²) in [7, 11) is 0. The normalized spacial score (nSPS) is 23.9. The highest BCUT2D eigenvalue weighted by Gasteiger charge is 2.52. The maximum Gasteiger partial charge on any atom is 0.114 e. The SMILES string of the molecule is O[C@@H]1[C@@H](n2cc(-c3cccnc3)nn2)c2ccccc2C12CCNCC2. The van der Waals surface area contributed by atoms with Crippen molar-refractivity contribution in [2.45, 2.75) is 30.4 Å². The number of nitrogens with zero attached hydrogens (tertiary/aromatic N) is 4. The van der Waals surface area contributed by atoms with Gasteiger partial charge in [-0.25, -0.2) is 4.68 Å². The number of piperidine rings is 1. The van der Waals surface area contributed by atoms with Crippen LogP contribution in [0.2, 0.25) is 0 Å². The van der Waals surface area contributed by atoms with E-state index in [1.54, 1.807) is 12.4 Å². The van der Waals surface area contributed by atoms with Crippen LogP contribution in [0.1, 0.15) is 30.0 Å². The highest BCUT2D eigenvalue weighted by atomic mass is 16.3. The Hall–Kier alpha value is -2.57. The van der Waals surface area contributed by atoms with Gasteiger partial charge in [0.1, 0.15) is 11.7 Å². The lowest BCUT2D eigenvalue weighted by Crippen LogP contribution is -2.47. The van der Waals surface area contributed by atoms with E-state index in [1.165, 1.54) is 5.56 Å². The quantitative estimate of drug-likeness (QED) is 0.741. The monoisotopic (exact) mass is 347 g/mol. The molecule has 2 N–H and O–H groups in total. The van der Waals surface area contributed by atoms with Gasteiger partial charge in [0, 0.05) is 23.4 Å². The molecule has 132 valence electrons. The lowest BCUT2D eigenvalue weighted by Gasteiger charge is -2.38. The average molecular weight is 347 g/mol. The highest BCUT2D eigenvalue weighted by Crippen LogP contribution is 2.51. The molecule has 3 aromatic rings. The van der Waals surface area contributed by atoms with Crippen LogP contribution in [0.15, 0.2) is 55.0 Å². The van der Waals surface area contributed by atoms with E-state index in [1.807, 2.05) is 29.1 Å². The first-order chi connectivity index (χ1) is 12.8. The summed E-state index contributed by atoms with van der Waals surface area (Å²) in [5.41, 5.74) is 3.92. The number of hydrogen-bond donors (Lipinski definition) is 2. The number of nitrogens with one attached hydrogen (secondary N) is 1. The van der Waals surface area contributed by atoms with Gasteiger partial charge in [-0.15, -0.1) is 5.10 Å². The number of benzene rings is 1. The number of fused-ring (bicyclic) bond motifs is 2. The number of rotatable bonds is 2. The van der Waals surface area contributed by atoms with Gasteiger partial charge in [-0.05, 0) is 49.2 Å². The molecule has 0 bridgehead atoms. The van der Waals surface area contributed by atoms with E-state index in [2.05, 4.69) is 38.8 Å². The van der Waals surface area contributed by atoms with E-state index in [0.717, 1.165) is 42.8 Å². The Kier molecular flexibility index (Phi) is 3.62. The molecule has 1 aliphatic heterocycles. The summed E-state index contributed by atoms with van der Waals surface area (Å²) in [4.78, 5) is 4.15. The van der Waals surface area contributed by atoms with E-state index in [0.29, 0.717) is 0 Å². The molecule has 6 nitrogen and oxygen atoms in total. The fourth-order valence-corrected chi connectivity index (χ4v) is 4.62. The van der Waals surface area contributed by atoms with Gasteiger partial charge >= 0.3 is 0 Å². The van der Waals surface area contributed by atoms with Crippen molar-refractivity contribution >= 4 is 0 Å². The lowest BCUT2D eigenvalue weighted by molar-refractivity contribution is 0.0421. The zero-order chi connectivity index (χ0) is 17.6. The summed E-state index contributed by atoms with van der Waals surface area (Å²) in [6, 6.07) is 12.0. The third kappa shape index (κ3) is 2.22. The second-order valence-electron chi connectivity index (χ2n) is 7.21. The predicted molar refractivity (Wildman–Crippen MR) is 97.6 cm³/mol. The number of aromatic nitrogens is 4. The van der Waals surface area contributed by atoms with Crippen LogP contribution in [0.4, 0.5) is 0 Å². The number of pyridine rings is 1. The molecular weight excluding hydrogens is 326 g/mol. The molecule has 1 spiro atoms. The summed E-state index contributed by atoms with van der Waals surface area (Å²) in [6.45, 7) is 1.85. The molecular formula is C20H21N5O. The van der Waals surface area contributed by atoms with Gasteiger partial charge in [0.2, 0.25) is 0 Å². The second-order valence-corrected chi connectivity index (χ2v) is 7.21. The maximum atomic E-state index is 11.4. The van der Waals surface area contributed by atoms with Crippen molar-refractivity contribution in [2.75, 3.05) is 13.1 Å². The van der Waals surface area contributed by atoms with Gasteiger partial charge in [-0.3, -0.25) is 4.98 Å². The Morgan fingerprint density at radius 2 is 1.96 bits per heavy atom.